The van der Waals surface area contributed by atoms with Crippen molar-refractivity contribution in [3.63, 3.8) is 0 Å². The molecule has 1 heterocycles. The molecule has 144 valence electrons. The Hall–Kier alpha value is -2.96. The van der Waals surface area contributed by atoms with E-state index in [0.717, 1.165) is 5.56 Å². The Bertz CT molecular complexity index is 768. The Balaban J connectivity index is 2.47. The molecule has 0 saturated heterocycles. The number of benzene rings is 1. The first-order chi connectivity index (χ1) is 12.8. The molecule has 0 atom stereocenters. The maximum Gasteiger partial charge on any atom is 0.325 e. The lowest BCUT2D eigenvalue weighted by Crippen LogP contribution is -2.29. The summed E-state index contributed by atoms with van der Waals surface area (Å²) in [5.41, 5.74) is 1.22. The van der Waals surface area contributed by atoms with Gasteiger partial charge in [0.25, 0.3) is 0 Å². The molecule has 7 heteroatoms. The van der Waals surface area contributed by atoms with Crippen molar-refractivity contribution >= 4 is 11.9 Å². The molecule has 0 unspecified atom stereocenters. The monoisotopic (exact) mass is 372 g/mol. The van der Waals surface area contributed by atoms with Crippen LogP contribution >= 0.6 is 0 Å². The molecule has 1 aromatic carbocycles. The lowest BCUT2D eigenvalue weighted by molar-refractivity contribution is -0.161. The number of nitrogens with zero attached hydrogens (tertiary/aromatic N) is 2. The Morgan fingerprint density at radius 2 is 1.48 bits per heavy atom. The molecule has 2 aromatic rings. The van der Waals surface area contributed by atoms with Crippen molar-refractivity contribution in [1.29, 1.82) is 0 Å². The van der Waals surface area contributed by atoms with Gasteiger partial charge in [-0.3, -0.25) is 9.59 Å². The highest BCUT2D eigenvalue weighted by Crippen LogP contribution is 2.32. The van der Waals surface area contributed by atoms with Crippen LogP contribution in [0.5, 0.6) is 11.8 Å². The molecule has 2 rings (SSSR count). The smallest absolute Gasteiger partial charge is 0.325 e. The van der Waals surface area contributed by atoms with E-state index in [0.29, 0.717) is 11.3 Å². The molecule has 0 bridgehead atoms. The zero-order valence-electron chi connectivity index (χ0n) is 16.1. The topological polar surface area (TPSA) is 87.6 Å². The highest BCUT2D eigenvalue weighted by atomic mass is 16.6. The van der Waals surface area contributed by atoms with Crippen molar-refractivity contribution in [2.75, 3.05) is 0 Å². The van der Waals surface area contributed by atoms with Gasteiger partial charge >= 0.3 is 17.9 Å². The summed E-state index contributed by atoms with van der Waals surface area (Å²) >= 11 is 0. The normalized spacial score (nSPS) is 11.0. The molecule has 0 radical (unpaired) electrons. The van der Waals surface area contributed by atoms with E-state index in [2.05, 4.69) is 9.97 Å². The Morgan fingerprint density at radius 3 is 2.00 bits per heavy atom. The Labute approximate surface area is 158 Å². The second-order valence-electron chi connectivity index (χ2n) is 6.58. The van der Waals surface area contributed by atoms with E-state index in [1.54, 1.807) is 52.0 Å². The van der Waals surface area contributed by atoms with Crippen LogP contribution in [0.3, 0.4) is 0 Å². The van der Waals surface area contributed by atoms with Gasteiger partial charge in [0.05, 0.1) is 12.2 Å². The van der Waals surface area contributed by atoms with Gasteiger partial charge in [-0.15, -0.1) is 0 Å². The zero-order valence-corrected chi connectivity index (χ0v) is 16.1. The highest BCUT2D eigenvalue weighted by molar-refractivity contribution is 6.01. The predicted octanol–water partition coefficient (Wildman–Crippen LogP) is 3.56. The molecular formula is C20H24N2O5. The van der Waals surface area contributed by atoms with Crippen LogP contribution in [-0.4, -0.2) is 34.1 Å². The van der Waals surface area contributed by atoms with E-state index >= 15 is 0 Å². The SMILES string of the molecule is Cc1ccc(C(C(=O)OC(C)C)C(=O)OC(C)C)c(Oc2ncccn2)c1. The van der Waals surface area contributed by atoms with Crippen molar-refractivity contribution in [1.82, 2.24) is 9.97 Å². The van der Waals surface area contributed by atoms with Crippen LogP contribution in [0.2, 0.25) is 0 Å². The fourth-order valence-corrected chi connectivity index (χ4v) is 2.36. The molecule has 1 aromatic heterocycles. The molecule has 0 N–H and O–H groups in total. The number of ether oxygens (including phenoxy) is 3. The second kappa shape index (κ2) is 9.12. The van der Waals surface area contributed by atoms with Crippen molar-refractivity contribution in [3.8, 4) is 11.8 Å². The fourth-order valence-electron chi connectivity index (χ4n) is 2.36. The Morgan fingerprint density at radius 1 is 0.926 bits per heavy atom. The van der Waals surface area contributed by atoms with E-state index in [1.165, 1.54) is 12.4 Å². The minimum absolute atomic E-state index is 0.109. The second-order valence-corrected chi connectivity index (χ2v) is 6.58. The molecule has 0 amide bonds. The third kappa shape index (κ3) is 5.77. The van der Waals surface area contributed by atoms with Gasteiger partial charge in [0.1, 0.15) is 5.75 Å². The summed E-state index contributed by atoms with van der Waals surface area (Å²) in [4.78, 5) is 33.4. The molecule has 0 aliphatic rings. The third-order valence-electron chi connectivity index (χ3n) is 3.40. The van der Waals surface area contributed by atoms with Gasteiger partial charge in [-0.05, 0) is 52.3 Å². The van der Waals surface area contributed by atoms with Crippen LogP contribution in [0, 0.1) is 6.92 Å². The van der Waals surface area contributed by atoms with Crippen molar-refractivity contribution in [2.45, 2.75) is 52.7 Å². The summed E-state index contributed by atoms with van der Waals surface area (Å²) in [5, 5.41) is 0. The van der Waals surface area contributed by atoms with Gasteiger partial charge in [-0.2, -0.15) is 0 Å². The van der Waals surface area contributed by atoms with Gasteiger partial charge in [0.15, 0.2) is 5.92 Å². The first-order valence-electron chi connectivity index (χ1n) is 8.74. The standard InChI is InChI=1S/C20H24N2O5/c1-12(2)25-18(23)17(19(24)26-13(3)4)15-8-7-14(5)11-16(15)27-20-21-9-6-10-22-20/h6-13,17H,1-5H3. The number of hydrogen-bond acceptors (Lipinski definition) is 7. The lowest BCUT2D eigenvalue weighted by atomic mass is 9.96. The number of carbonyl (C=O) groups excluding carboxylic acids is 2. The first kappa shape index (κ1) is 20.4. The van der Waals surface area contributed by atoms with E-state index in [1.807, 2.05) is 6.92 Å². The molecule has 0 fully saturated rings. The van der Waals surface area contributed by atoms with Gasteiger partial charge in [-0.1, -0.05) is 12.1 Å². The van der Waals surface area contributed by atoms with E-state index in [9.17, 15) is 9.59 Å². The molecule has 0 spiro atoms. The van der Waals surface area contributed by atoms with Crippen LogP contribution in [0.1, 0.15) is 44.7 Å². The minimum Gasteiger partial charge on any atom is -0.462 e. The van der Waals surface area contributed by atoms with Crippen LogP contribution in [0.25, 0.3) is 0 Å². The molecular weight excluding hydrogens is 348 g/mol. The lowest BCUT2D eigenvalue weighted by Gasteiger charge is -2.20. The zero-order chi connectivity index (χ0) is 20.0. The average Bonchev–Trinajstić information content (AvgIpc) is 2.56. The van der Waals surface area contributed by atoms with Gasteiger partial charge < -0.3 is 14.2 Å². The maximum atomic E-state index is 12.7. The summed E-state index contributed by atoms with van der Waals surface area (Å²) < 4.78 is 16.3. The van der Waals surface area contributed by atoms with E-state index < -0.39 is 17.9 Å². The maximum absolute atomic E-state index is 12.7. The van der Waals surface area contributed by atoms with Crippen LogP contribution in [0.15, 0.2) is 36.7 Å². The molecule has 0 aliphatic carbocycles. The van der Waals surface area contributed by atoms with Gasteiger partial charge in [0.2, 0.25) is 0 Å². The van der Waals surface area contributed by atoms with Crippen LogP contribution < -0.4 is 4.74 Å². The van der Waals surface area contributed by atoms with Crippen molar-refractivity contribution < 1.29 is 23.8 Å². The number of aryl methyl sites for hydroxylation is 1. The fraction of sp³-hybridized carbons (Fsp3) is 0.400. The molecule has 0 aliphatic heterocycles. The number of aromatic nitrogens is 2. The molecule has 7 nitrogen and oxygen atoms in total. The molecule has 0 saturated carbocycles. The number of esters is 2. The summed E-state index contributed by atoms with van der Waals surface area (Å²) in [5.74, 6) is -2.36. The predicted molar refractivity (Wildman–Crippen MR) is 98.5 cm³/mol. The van der Waals surface area contributed by atoms with Crippen molar-refractivity contribution in [3.05, 3.63) is 47.8 Å². The molecule has 27 heavy (non-hydrogen) atoms. The summed E-state index contributed by atoms with van der Waals surface area (Å²) in [6, 6.07) is 6.92. The van der Waals surface area contributed by atoms with Crippen molar-refractivity contribution in [2.24, 2.45) is 0 Å². The van der Waals surface area contributed by atoms with Gasteiger partial charge in [-0.25, -0.2) is 9.97 Å². The van der Waals surface area contributed by atoms with Crippen LogP contribution in [-0.2, 0) is 19.1 Å². The summed E-state index contributed by atoms with van der Waals surface area (Å²) in [6.45, 7) is 8.73. The quantitative estimate of drug-likeness (QED) is 0.542. The minimum atomic E-state index is -1.27. The highest BCUT2D eigenvalue weighted by Gasteiger charge is 2.35. The summed E-state index contributed by atoms with van der Waals surface area (Å²) in [6.07, 6.45) is 2.32. The number of carbonyl (C=O) groups is 2. The summed E-state index contributed by atoms with van der Waals surface area (Å²) in [7, 11) is 0. The van der Waals surface area contributed by atoms with Crippen LogP contribution in [0.4, 0.5) is 0 Å². The average molecular weight is 372 g/mol. The largest absolute Gasteiger partial charge is 0.462 e. The third-order valence-corrected chi connectivity index (χ3v) is 3.40. The number of rotatable bonds is 7. The van der Waals surface area contributed by atoms with Gasteiger partial charge in [0, 0.05) is 18.0 Å². The van der Waals surface area contributed by atoms with E-state index in [4.69, 9.17) is 14.2 Å². The number of hydrogen-bond donors (Lipinski definition) is 0. The first-order valence-corrected chi connectivity index (χ1v) is 8.74. The Kier molecular flexibility index (Phi) is 6.87. The van der Waals surface area contributed by atoms with E-state index in [-0.39, 0.29) is 18.2 Å².